The third-order valence-electron chi connectivity index (χ3n) is 3.68. The molecule has 21 heavy (non-hydrogen) atoms. The van der Waals surface area contributed by atoms with Gasteiger partial charge in [0, 0.05) is 12.6 Å². The number of phenolic OH excluding ortho intramolecular Hbond substituents is 1. The molecule has 0 saturated heterocycles. The van der Waals surface area contributed by atoms with Gasteiger partial charge in [0.25, 0.3) is 5.91 Å². The minimum atomic E-state index is -0.319. The van der Waals surface area contributed by atoms with Crippen molar-refractivity contribution in [2.24, 2.45) is 0 Å². The number of hydrogen-bond acceptors (Lipinski definition) is 2. The number of rotatable bonds is 3. The molecule has 1 N–H and O–H groups in total. The van der Waals surface area contributed by atoms with Crippen LogP contribution in [0.15, 0.2) is 42.5 Å². The quantitative estimate of drug-likeness (QED) is 0.935. The summed E-state index contributed by atoms with van der Waals surface area (Å²) >= 11 is 0. The Kier molecular flexibility index (Phi) is 4.26. The fourth-order valence-electron chi connectivity index (χ4n) is 2.13. The number of aromatic hydroxyl groups is 1. The number of hydrogen-bond donors (Lipinski definition) is 1. The van der Waals surface area contributed by atoms with Crippen molar-refractivity contribution in [3.63, 3.8) is 0 Å². The van der Waals surface area contributed by atoms with E-state index in [0.717, 1.165) is 5.56 Å². The van der Waals surface area contributed by atoms with E-state index >= 15 is 0 Å². The van der Waals surface area contributed by atoms with Crippen LogP contribution in [0.1, 0.15) is 34.5 Å². The van der Waals surface area contributed by atoms with Crippen LogP contribution < -0.4 is 0 Å². The van der Waals surface area contributed by atoms with Crippen LogP contribution in [0.4, 0.5) is 4.39 Å². The van der Waals surface area contributed by atoms with Crippen molar-refractivity contribution < 1.29 is 14.3 Å². The predicted octanol–water partition coefficient (Wildman–Crippen LogP) is 3.67. The smallest absolute Gasteiger partial charge is 0.254 e. The number of carbonyl (C=O) groups is 1. The SMILES string of the molecule is Cc1cc(C(=O)N(C)C(C)c2ccc(O)cc2)ccc1F. The molecule has 4 heteroatoms. The number of phenols is 1. The molecule has 0 spiro atoms. The fraction of sp³-hybridized carbons (Fsp3) is 0.235. The normalized spacial score (nSPS) is 12.0. The number of amides is 1. The Balaban J connectivity index is 2.21. The van der Waals surface area contributed by atoms with Gasteiger partial charge in [0.1, 0.15) is 11.6 Å². The highest BCUT2D eigenvalue weighted by Gasteiger charge is 2.19. The molecule has 1 unspecified atom stereocenters. The van der Waals surface area contributed by atoms with E-state index < -0.39 is 0 Å². The van der Waals surface area contributed by atoms with E-state index in [1.807, 2.05) is 6.92 Å². The van der Waals surface area contributed by atoms with Gasteiger partial charge in [0.05, 0.1) is 6.04 Å². The highest BCUT2D eigenvalue weighted by atomic mass is 19.1. The molecule has 3 nitrogen and oxygen atoms in total. The van der Waals surface area contributed by atoms with E-state index in [1.54, 1.807) is 49.2 Å². The van der Waals surface area contributed by atoms with E-state index in [-0.39, 0.29) is 23.5 Å². The molecule has 0 bridgehead atoms. The molecule has 2 aromatic carbocycles. The third-order valence-corrected chi connectivity index (χ3v) is 3.68. The number of halogens is 1. The van der Waals surface area contributed by atoms with Crippen LogP contribution in [0, 0.1) is 12.7 Å². The van der Waals surface area contributed by atoms with Gasteiger partial charge < -0.3 is 10.0 Å². The van der Waals surface area contributed by atoms with E-state index in [0.29, 0.717) is 11.1 Å². The average Bonchev–Trinajstić information content (AvgIpc) is 2.48. The number of carbonyl (C=O) groups excluding carboxylic acids is 1. The molecule has 0 aliphatic rings. The standard InChI is InChI=1S/C17H18FNO2/c1-11-10-14(6-9-16(11)18)17(21)19(3)12(2)13-4-7-15(20)8-5-13/h4-10,12,20H,1-3H3. The summed E-state index contributed by atoms with van der Waals surface area (Å²) < 4.78 is 13.3. The molecule has 1 amide bonds. The number of nitrogens with zero attached hydrogens (tertiary/aromatic N) is 1. The van der Waals surface area contributed by atoms with Crippen molar-refractivity contribution in [1.82, 2.24) is 4.90 Å². The van der Waals surface area contributed by atoms with Gasteiger partial charge in [-0.1, -0.05) is 12.1 Å². The lowest BCUT2D eigenvalue weighted by molar-refractivity contribution is 0.0742. The molecule has 0 aliphatic carbocycles. The summed E-state index contributed by atoms with van der Waals surface area (Å²) in [5.41, 5.74) is 1.83. The summed E-state index contributed by atoms with van der Waals surface area (Å²) in [5.74, 6) is -0.298. The van der Waals surface area contributed by atoms with Gasteiger partial charge in [-0.25, -0.2) is 4.39 Å². The van der Waals surface area contributed by atoms with E-state index in [2.05, 4.69) is 0 Å². The molecule has 0 fully saturated rings. The van der Waals surface area contributed by atoms with Crippen molar-refractivity contribution in [3.8, 4) is 5.75 Å². The maximum absolute atomic E-state index is 13.3. The summed E-state index contributed by atoms with van der Waals surface area (Å²) in [6.45, 7) is 3.54. The molecule has 0 aliphatic heterocycles. The lowest BCUT2D eigenvalue weighted by atomic mass is 10.1. The van der Waals surface area contributed by atoms with Crippen molar-refractivity contribution in [2.75, 3.05) is 7.05 Å². The molecule has 1 atom stereocenters. The van der Waals surface area contributed by atoms with Crippen molar-refractivity contribution >= 4 is 5.91 Å². The van der Waals surface area contributed by atoms with Crippen LogP contribution in [0.5, 0.6) is 5.75 Å². The Morgan fingerprint density at radius 2 is 1.81 bits per heavy atom. The van der Waals surface area contributed by atoms with Gasteiger partial charge >= 0.3 is 0 Å². The zero-order chi connectivity index (χ0) is 15.6. The van der Waals surface area contributed by atoms with Crippen LogP contribution in [-0.2, 0) is 0 Å². The third kappa shape index (κ3) is 3.21. The molecular weight excluding hydrogens is 269 g/mol. The van der Waals surface area contributed by atoms with Gasteiger partial charge in [-0.05, 0) is 55.3 Å². The second-order valence-electron chi connectivity index (χ2n) is 5.15. The van der Waals surface area contributed by atoms with Crippen molar-refractivity contribution in [3.05, 3.63) is 65.0 Å². The second kappa shape index (κ2) is 5.95. The molecule has 110 valence electrons. The zero-order valence-corrected chi connectivity index (χ0v) is 12.3. The Bertz CT molecular complexity index is 652. The first kappa shape index (κ1) is 15.0. The van der Waals surface area contributed by atoms with Gasteiger partial charge in [-0.3, -0.25) is 4.79 Å². The fourth-order valence-corrected chi connectivity index (χ4v) is 2.13. The first-order valence-electron chi connectivity index (χ1n) is 6.72. The van der Waals surface area contributed by atoms with Gasteiger partial charge in [0.15, 0.2) is 0 Å². The van der Waals surface area contributed by atoms with E-state index in [4.69, 9.17) is 0 Å². The molecular formula is C17H18FNO2. The molecule has 2 rings (SSSR count). The van der Waals surface area contributed by atoms with Gasteiger partial charge in [0.2, 0.25) is 0 Å². The molecule has 0 heterocycles. The highest BCUT2D eigenvalue weighted by molar-refractivity contribution is 5.94. The molecule has 2 aromatic rings. The molecule has 0 saturated carbocycles. The summed E-state index contributed by atoms with van der Waals surface area (Å²) in [6.07, 6.45) is 0. The van der Waals surface area contributed by atoms with Crippen LogP contribution >= 0.6 is 0 Å². The lowest BCUT2D eigenvalue weighted by Gasteiger charge is -2.25. The number of benzene rings is 2. The lowest BCUT2D eigenvalue weighted by Crippen LogP contribution is -2.29. The maximum Gasteiger partial charge on any atom is 0.254 e. The van der Waals surface area contributed by atoms with E-state index in [9.17, 15) is 14.3 Å². The minimum Gasteiger partial charge on any atom is -0.508 e. The first-order chi connectivity index (χ1) is 9.90. The molecule has 0 aromatic heterocycles. The largest absolute Gasteiger partial charge is 0.508 e. The Labute approximate surface area is 123 Å². The Morgan fingerprint density at radius 1 is 1.19 bits per heavy atom. The topological polar surface area (TPSA) is 40.5 Å². The minimum absolute atomic E-state index is 0.150. The summed E-state index contributed by atoms with van der Waals surface area (Å²) in [4.78, 5) is 14.0. The van der Waals surface area contributed by atoms with Crippen LogP contribution in [0.2, 0.25) is 0 Å². The summed E-state index contributed by atoms with van der Waals surface area (Å²) in [5, 5.41) is 9.30. The first-order valence-corrected chi connectivity index (χ1v) is 6.72. The van der Waals surface area contributed by atoms with E-state index in [1.165, 1.54) is 12.1 Å². The predicted molar refractivity (Wildman–Crippen MR) is 79.8 cm³/mol. The Morgan fingerprint density at radius 3 is 2.38 bits per heavy atom. The van der Waals surface area contributed by atoms with Crippen LogP contribution in [-0.4, -0.2) is 23.0 Å². The highest BCUT2D eigenvalue weighted by Crippen LogP contribution is 2.23. The average molecular weight is 287 g/mol. The van der Waals surface area contributed by atoms with Gasteiger partial charge in [-0.15, -0.1) is 0 Å². The van der Waals surface area contributed by atoms with Crippen molar-refractivity contribution in [1.29, 1.82) is 0 Å². The monoisotopic (exact) mass is 287 g/mol. The summed E-state index contributed by atoms with van der Waals surface area (Å²) in [6, 6.07) is 10.9. The summed E-state index contributed by atoms with van der Waals surface area (Å²) in [7, 11) is 1.71. The number of aryl methyl sites for hydroxylation is 1. The zero-order valence-electron chi connectivity index (χ0n) is 12.3. The van der Waals surface area contributed by atoms with Crippen LogP contribution in [0.3, 0.4) is 0 Å². The Hall–Kier alpha value is -2.36. The van der Waals surface area contributed by atoms with Gasteiger partial charge in [-0.2, -0.15) is 0 Å². The molecule has 0 radical (unpaired) electrons. The van der Waals surface area contributed by atoms with Crippen LogP contribution in [0.25, 0.3) is 0 Å². The maximum atomic E-state index is 13.3. The second-order valence-corrected chi connectivity index (χ2v) is 5.15. The van der Waals surface area contributed by atoms with Crippen molar-refractivity contribution in [2.45, 2.75) is 19.9 Å².